The molecule has 2 fully saturated rings. The number of rotatable bonds is 8. The molecule has 0 radical (unpaired) electrons. The van der Waals surface area contributed by atoms with E-state index in [1.165, 1.54) is 12.8 Å². The number of amides is 1. The van der Waals surface area contributed by atoms with Gasteiger partial charge in [-0.1, -0.05) is 24.3 Å². The fourth-order valence-electron chi connectivity index (χ4n) is 3.84. The maximum Gasteiger partial charge on any atom is 0.242 e. The predicted molar refractivity (Wildman–Crippen MR) is 127 cm³/mol. The molecular weight excluding hydrogens is 419 g/mol. The van der Waals surface area contributed by atoms with E-state index in [9.17, 15) is 4.79 Å². The number of nitrogens with one attached hydrogen (secondary N) is 1. The molecule has 2 aliphatic rings. The SMILES string of the molecule is Cl.Cl.O=C(CN(Cc1cccnc1)c1ccccc1)N1CCC(NCC2CC2)CC1. The molecule has 1 aromatic heterocycles. The van der Waals surface area contributed by atoms with Crippen molar-refractivity contribution >= 4 is 36.4 Å². The van der Waals surface area contributed by atoms with E-state index in [-0.39, 0.29) is 30.7 Å². The highest BCUT2D eigenvalue weighted by Gasteiger charge is 2.26. The normalized spacial score (nSPS) is 16.3. The van der Waals surface area contributed by atoms with Gasteiger partial charge >= 0.3 is 0 Å². The Labute approximate surface area is 192 Å². The van der Waals surface area contributed by atoms with Crippen molar-refractivity contribution in [3.05, 3.63) is 60.4 Å². The Morgan fingerprint density at radius 2 is 1.77 bits per heavy atom. The van der Waals surface area contributed by atoms with Gasteiger partial charge in [-0.05, 0) is 61.9 Å². The number of piperidine rings is 1. The van der Waals surface area contributed by atoms with Crippen LogP contribution in [-0.4, -0.2) is 48.0 Å². The van der Waals surface area contributed by atoms with Crippen molar-refractivity contribution in [3.63, 3.8) is 0 Å². The van der Waals surface area contributed by atoms with Crippen molar-refractivity contribution in [3.8, 4) is 0 Å². The van der Waals surface area contributed by atoms with Gasteiger partial charge in [-0.2, -0.15) is 0 Å². The Bertz CT molecular complexity index is 750. The van der Waals surface area contributed by atoms with Crippen LogP contribution in [0, 0.1) is 5.92 Å². The quantitative estimate of drug-likeness (QED) is 0.661. The summed E-state index contributed by atoms with van der Waals surface area (Å²) >= 11 is 0. The average Bonchev–Trinajstić information content (AvgIpc) is 3.58. The van der Waals surface area contributed by atoms with Crippen LogP contribution in [0.2, 0.25) is 0 Å². The Hall–Kier alpha value is -1.82. The van der Waals surface area contributed by atoms with Gasteiger partial charge in [-0.25, -0.2) is 0 Å². The summed E-state index contributed by atoms with van der Waals surface area (Å²) in [5, 5.41) is 3.69. The molecule has 2 heterocycles. The number of pyridine rings is 1. The zero-order chi connectivity index (χ0) is 19.2. The van der Waals surface area contributed by atoms with Crippen molar-refractivity contribution < 1.29 is 4.79 Å². The van der Waals surface area contributed by atoms with Gasteiger partial charge in [0.15, 0.2) is 0 Å². The number of carbonyl (C=O) groups is 1. The maximum absolute atomic E-state index is 13.0. The summed E-state index contributed by atoms with van der Waals surface area (Å²) in [5.41, 5.74) is 2.18. The standard InChI is InChI=1S/C23H30N4O.2ClH/c28-23(26-13-10-21(11-14-26)25-16-19-8-9-19)18-27(22-6-2-1-3-7-22)17-20-5-4-12-24-15-20;;/h1-7,12,15,19,21,25H,8-11,13-14,16-18H2;2*1H. The molecule has 4 rings (SSSR count). The van der Waals surface area contributed by atoms with Crippen LogP contribution in [0.4, 0.5) is 5.69 Å². The first-order valence-corrected chi connectivity index (χ1v) is 10.5. The molecule has 1 amide bonds. The van der Waals surface area contributed by atoms with Gasteiger partial charge in [0.25, 0.3) is 0 Å². The van der Waals surface area contributed by atoms with E-state index in [1.807, 2.05) is 35.4 Å². The van der Waals surface area contributed by atoms with Crippen LogP contribution in [0.15, 0.2) is 54.9 Å². The zero-order valence-corrected chi connectivity index (χ0v) is 18.9. The average molecular weight is 451 g/mol. The second-order valence-corrected chi connectivity index (χ2v) is 8.06. The molecule has 0 bridgehead atoms. The van der Waals surface area contributed by atoms with E-state index < -0.39 is 0 Å². The van der Waals surface area contributed by atoms with Crippen molar-refractivity contribution in [1.29, 1.82) is 0 Å². The molecule has 1 aliphatic heterocycles. The Kier molecular flexibility index (Phi) is 9.89. The minimum Gasteiger partial charge on any atom is -0.358 e. The lowest BCUT2D eigenvalue weighted by Gasteiger charge is -2.34. The van der Waals surface area contributed by atoms with E-state index in [2.05, 4.69) is 33.4 Å². The minimum absolute atomic E-state index is 0. The van der Waals surface area contributed by atoms with E-state index in [0.29, 0.717) is 19.1 Å². The molecule has 30 heavy (non-hydrogen) atoms. The van der Waals surface area contributed by atoms with E-state index >= 15 is 0 Å². The molecule has 1 N–H and O–H groups in total. The number of carbonyl (C=O) groups excluding carboxylic acids is 1. The highest BCUT2D eigenvalue weighted by molar-refractivity contribution is 5.85. The number of para-hydroxylation sites is 1. The Morgan fingerprint density at radius 1 is 1.03 bits per heavy atom. The van der Waals surface area contributed by atoms with Crippen LogP contribution in [0.3, 0.4) is 0 Å². The monoisotopic (exact) mass is 450 g/mol. The van der Waals surface area contributed by atoms with Crippen LogP contribution in [0.5, 0.6) is 0 Å². The van der Waals surface area contributed by atoms with E-state index in [4.69, 9.17) is 0 Å². The van der Waals surface area contributed by atoms with Gasteiger partial charge in [0, 0.05) is 43.8 Å². The molecule has 164 valence electrons. The molecule has 1 aromatic carbocycles. The lowest BCUT2D eigenvalue weighted by atomic mass is 10.0. The smallest absolute Gasteiger partial charge is 0.242 e. The highest BCUT2D eigenvalue weighted by atomic mass is 35.5. The molecule has 0 unspecified atom stereocenters. The fourth-order valence-corrected chi connectivity index (χ4v) is 3.84. The largest absolute Gasteiger partial charge is 0.358 e. The van der Waals surface area contributed by atoms with Gasteiger partial charge in [-0.15, -0.1) is 24.8 Å². The summed E-state index contributed by atoms with van der Waals surface area (Å²) in [7, 11) is 0. The third-order valence-corrected chi connectivity index (χ3v) is 5.78. The van der Waals surface area contributed by atoms with Gasteiger partial charge in [0.05, 0.1) is 6.54 Å². The number of anilines is 1. The molecule has 1 aliphatic carbocycles. The van der Waals surface area contributed by atoms with Crippen molar-refractivity contribution in [2.75, 3.05) is 31.1 Å². The van der Waals surface area contributed by atoms with Crippen molar-refractivity contribution in [2.45, 2.75) is 38.3 Å². The first-order chi connectivity index (χ1) is 13.8. The fraction of sp³-hybridized carbons (Fsp3) is 0.478. The zero-order valence-electron chi connectivity index (χ0n) is 17.3. The van der Waals surface area contributed by atoms with Crippen LogP contribution in [-0.2, 0) is 11.3 Å². The lowest BCUT2D eigenvalue weighted by molar-refractivity contribution is -0.130. The molecule has 1 saturated heterocycles. The van der Waals surface area contributed by atoms with Crippen molar-refractivity contribution in [2.24, 2.45) is 5.92 Å². The summed E-state index contributed by atoms with van der Waals surface area (Å²) in [4.78, 5) is 21.4. The summed E-state index contributed by atoms with van der Waals surface area (Å²) in [6, 6.07) is 14.8. The van der Waals surface area contributed by atoms with Crippen LogP contribution >= 0.6 is 24.8 Å². The third-order valence-electron chi connectivity index (χ3n) is 5.78. The Morgan fingerprint density at radius 3 is 2.40 bits per heavy atom. The maximum atomic E-state index is 13.0. The number of halogens is 2. The topological polar surface area (TPSA) is 48.5 Å². The number of hydrogen-bond donors (Lipinski definition) is 1. The van der Waals surface area contributed by atoms with Gasteiger partial charge < -0.3 is 15.1 Å². The highest BCUT2D eigenvalue weighted by Crippen LogP contribution is 2.28. The number of aromatic nitrogens is 1. The molecule has 0 spiro atoms. The summed E-state index contributed by atoms with van der Waals surface area (Å²) < 4.78 is 0. The molecule has 1 saturated carbocycles. The first-order valence-electron chi connectivity index (χ1n) is 10.5. The number of benzene rings is 1. The molecule has 7 heteroatoms. The lowest BCUT2D eigenvalue weighted by Crippen LogP contribution is -2.48. The van der Waals surface area contributed by atoms with Crippen molar-refractivity contribution in [1.82, 2.24) is 15.2 Å². The molecule has 0 atom stereocenters. The first kappa shape index (κ1) is 24.4. The summed E-state index contributed by atoms with van der Waals surface area (Å²) in [6.45, 7) is 3.96. The van der Waals surface area contributed by atoms with Crippen LogP contribution in [0.1, 0.15) is 31.2 Å². The van der Waals surface area contributed by atoms with Gasteiger partial charge in [0.2, 0.25) is 5.91 Å². The Balaban J connectivity index is 0.00000160. The number of nitrogens with zero attached hydrogens (tertiary/aromatic N) is 3. The number of likely N-dealkylation sites (tertiary alicyclic amines) is 1. The van der Waals surface area contributed by atoms with Gasteiger partial charge in [0.1, 0.15) is 0 Å². The van der Waals surface area contributed by atoms with Gasteiger partial charge in [-0.3, -0.25) is 9.78 Å². The molecule has 5 nitrogen and oxygen atoms in total. The molecular formula is C23H32Cl2N4O. The summed E-state index contributed by atoms with van der Waals surface area (Å²) in [5.74, 6) is 1.12. The second kappa shape index (κ2) is 12.1. The third kappa shape index (κ3) is 7.15. The molecule has 2 aromatic rings. The summed E-state index contributed by atoms with van der Waals surface area (Å²) in [6.07, 6.45) is 8.55. The second-order valence-electron chi connectivity index (χ2n) is 8.06. The minimum atomic E-state index is 0. The predicted octanol–water partition coefficient (Wildman–Crippen LogP) is 3.92. The van der Waals surface area contributed by atoms with E-state index in [1.54, 1.807) is 6.20 Å². The number of hydrogen-bond acceptors (Lipinski definition) is 4. The van der Waals surface area contributed by atoms with Crippen LogP contribution in [0.25, 0.3) is 0 Å². The van der Waals surface area contributed by atoms with Crippen LogP contribution < -0.4 is 10.2 Å². The van der Waals surface area contributed by atoms with E-state index in [0.717, 1.165) is 49.6 Å².